The second-order valence-corrected chi connectivity index (χ2v) is 3.88. The average Bonchev–Trinajstić information content (AvgIpc) is 2.89. The van der Waals surface area contributed by atoms with Crippen molar-refractivity contribution in [2.45, 2.75) is 19.5 Å². The van der Waals surface area contributed by atoms with Crippen LogP contribution in [-0.2, 0) is 6.54 Å². The maximum absolute atomic E-state index is 6.25. The first-order valence-electron chi connectivity index (χ1n) is 5.92. The van der Waals surface area contributed by atoms with Crippen molar-refractivity contribution in [2.24, 2.45) is 5.73 Å². The lowest BCUT2D eigenvalue weighted by Crippen LogP contribution is -2.19. The average molecular weight is 263 g/mol. The van der Waals surface area contributed by atoms with Gasteiger partial charge in [0.2, 0.25) is 5.88 Å². The van der Waals surface area contributed by atoms with Crippen LogP contribution in [0.25, 0.3) is 0 Å². The lowest BCUT2D eigenvalue weighted by molar-refractivity contribution is 0.393. The molecule has 0 spiro atoms. The summed E-state index contributed by atoms with van der Waals surface area (Å²) >= 11 is 0. The highest BCUT2D eigenvalue weighted by Crippen LogP contribution is 2.27. The normalized spacial score (nSPS) is 12.2. The van der Waals surface area contributed by atoms with E-state index in [0.717, 1.165) is 5.69 Å². The molecule has 2 heterocycles. The van der Waals surface area contributed by atoms with Gasteiger partial charge in [-0.1, -0.05) is 0 Å². The molecular weight excluding hydrogens is 246 g/mol. The molecule has 0 fully saturated rings. The van der Waals surface area contributed by atoms with Crippen molar-refractivity contribution in [3.63, 3.8) is 0 Å². The summed E-state index contributed by atoms with van der Waals surface area (Å²) in [5.41, 5.74) is 7.69. The fourth-order valence-corrected chi connectivity index (χ4v) is 1.88. The number of aryl methyl sites for hydroxylation is 1. The molecular formula is C12H17N5O2. The molecule has 0 aliphatic rings. The van der Waals surface area contributed by atoms with Crippen molar-refractivity contribution < 1.29 is 9.47 Å². The third-order valence-electron chi connectivity index (χ3n) is 2.85. The van der Waals surface area contributed by atoms with Crippen LogP contribution in [0.5, 0.6) is 11.6 Å². The summed E-state index contributed by atoms with van der Waals surface area (Å²) in [4.78, 5) is 8.15. The van der Waals surface area contributed by atoms with Gasteiger partial charge in [-0.05, 0) is 6.92 Å². The van der Waals surface area contributed by atoms with Gasteiger partial charge in [-0.3, -0.25) is 4.68 Å². The Kier molecular flexibility index (Phi) is 3.96. The number of hydrogen-bond acceptors (Lipinski definition) is 6. The Balaban J connectivity index is 2.42. The van der Waals surface area contributed by atoms with Crippen LogP contribution >= 0.6 is 0 Å². The zero-order valence-electron chi connectivity index (χ0n) is 11.2. The Morgan fingerprint density at radius 2 is 2.11 bits per heavy atom. The van der Waals surface area contributed by atoms with Gasteiger partial charge < -0.3 is 15.2 Å². The monoisotopic (exact) mass is 263 g/mol. The molecule has 0 radical (unpaired) electrons. The zero-order valence-corrected chi connectivity index (χ0v) is 11.2. The van der Waals surface area contributed by atoms with Crippen molar-refractivity contribution in [2.75, 3.05) is 14.2 Å². The molecule has 0 aliphatic carbocycles. The number of aromatic nitrogens is 4. The van der Waals surface area contributed by atoms with E-state index in [1.165, 1.54) is 6.33 Å². The van der Waals surface area contributed by atoms with Crippen molar-refractivity contribution in [3.8, 4) is 11.6 Å². The van der Waals surface area contributed by atoms with E-state index in [2.05, 4.69) is 15.1 Å². The quantitative estimate of drug-likeness (QED) is 0.856. The van der Waals surface area contributed by atoms with Crippen molar-refractivity contribution in [1.82, 2.24) is 19.7 Å². The van der Waals surface area contributed by atoms with Crippen LogP contribution in [0.15, 0.2) is 18.6 Å². The molecule has 2 aromatic rings. The van der Waals surface area contributed by atoms with Crippen LogP contribution in [0.2, 0.25) is 0 Å². The van der Waals surface area contributed by atoms with Gasteiger partial charge in [-0.2, -0.15) is 5.10 Å². The standard InChI is InChI=1S/C12H17N5O2/c1-4-17-12(9(18-2)6-16-17)11(13)8-5-10(19-3)15-7-14-8/h5-7,11H,4,13H2,1-3H3. The predicted octanol–water partition coefficient (Wildman–Crippen LogP) is 0.758. The molecule has 102 valence electrons. The molecule has 0 aliphatic heterocycles. The smallest absolute Gasteiger partial charge is 0.216 e. The van der Waals surface area contributed by atoms with Crippen molar-refractivity contribution in [1.29, 1.82) is 0 Å². The minimum atomic E-state index is -0.450. The van der Waals surface area contributed by atoms with E-state index >= 15 is 0 Å². The lowest BCUT2D eigenvalue weighted by Gasteiger charge is -2.14. The molecule has 19 heavy (non-hydrogen) atoms. The van der Waals surface area contributed by atoms with E-state index in [9.17, 15) is 0 Å². The maximum atomic E-state index is 6.25. The van der Waals surface area contributed by atoms with Crippen molar-refractivity contribution in [3.05, 3.63) is 30.0 Å². The topological polar surface area (TPSA) is 88.1 Å². The summed E-state index contributed by atoms with van der Waals surface area (Å²) in [5, 5.41) is 4.23. The molecule has 2 aromatic heterocycles. The van der Waals surface area contributed by atoms with Gasteiger partial charge >= 0.3 is 0 Å². The first-order valence-corrected chi connectivity index (χ1v) is 5.92. The number of hydrogen-bond donors (Lipinski definition) is 1. The first-order chi connectivity index (χ1) is 9.21. The highest BCUT2D eigenvalue weighted by Gasteiger charge is 2.21. The first kappa shape index (κ1) is 13.3. The van der Waals surface area contributed by atoms with Gasteiger partial charge in [0.05, 0.1) is 32.2 Å². The fourth-order valence-electron chi connectivity index (χ4n) is 1.88. The minimum absolute atomic E-state index is 0.450. The Morgan fingerprint density at radius 1 is 1.32 bits per heavy atom. The Hall–Kier alpha value is -2.15. The third kappa shape index (κ3) is 2.50. The predicted molar refractivity (Wildman–Crippen MR) is 69.1 cm³/mol. The van der Waals surface area contributed by atoms with Gasteiger partial charge in [-0.25, -0.2) is 9.97 Å². The van der Waals surface area contributed by atoms with Crippen molar-refractivity contribution >= 4 is 0 Å². The Bertz CT molecular complexity index is 533. The summed E-state index contributed by atoms with van der Waals surface area (Å²) in [6.07, 6.45) is 3.07. The van der Waals surface area contributed by atoms with Gasteiger partial charge in [0, 0.05) is 12.6 Å². The van der Waals surface area contributed by atoms with E-state index in [1.807, 2.05) is 6.92 Å². The van der Waals surface area contributed by atoms with Crippen LogP contribution in [-0.4, -0.2) is 34.0 Å². The second kappa shape index (κ2) is 5.66. The third-order valence-corrected chi connectivity index (χ3v) is 2.85. The summed E-state index contributed by atoms with van der Waals surface area (Å²) < 4.78 is 12.2. The van der Waals surface area contributed by atoms with E-state index in [0.29, 0.717) is 23.9 Å². The second-order valence-electron chi connectivity index (χ2n) is 3.88. The minimum Gasteiger partial charge on any atom is -0.493 e. The number of nitrogens with zero attached hydrogens (tertiary/aromatic N) is 4. The number of nitrogens with two attached hydrogens (primary N) is 1. The highest BCUT2D eigenvalue weighted by atomic mass is 16.5. The summed E-state index contributed by atoms with van der Waals surface area (Å²) in [6, 6.07) is 1.26. The van der Waals surface area contributed by atoms with E-state index in [1.54, 1.807) is 31.2 Å². The molecule has 2 N–H and O–H groups in total. The highest BCUT2D eigenvalue weighted by molar-refractivity contribution is 5.34. The Labute approximate surface area is 111 Å². The summed E-state index contributed by atoms with van der Waals surface area (Å²) in [6.45, 7) is 2.69. The number of ether oxygens (including phenoxy) is 2. The molecule has 0 saturated carbocycles. The SMILES string of the molecule is CCn1ncc(OC)c1C(N)c1cc(OC)ncn1. The van der Waals surface area contributed by atoms with Crippen LogP contribution in [0, 0.1) is 0 Å². The summed E-state index contributed by atoms with van der Waals surface area (Å²) in [5.74, 6) is 1.12. The summed E-state index contributed by atoms with van der Waals surface area (Å²) in [7, 11) is 3.14. The molecule has 7 heteroatoms. The zero-order chi connectivity index (χ0) is 13.8. The van der Waals surface area contributed by atoms with E-state index < -0.39 is 6.04 Å². The molecule has 7 nitrogen and oxygen atoms in total. The maximum Gasteiger partial charge on any atom is 0.216 e. The molecule has 1 unspecified atom stereocenters. The molecule has 0 bridgehead atoms. The van der Waals surface area contributed by atoms with Crippen LogP contribution in [0.4, 0.5) is 0 Å². The van der Waals surface area contributed by atoms with Gasteiger partial charge in [0.1, 0.15) is 12.0 Å². The van der Waals surface area contributed by atoms with Crippen LogP contribution < -0.4 is 15.2 Å². The van der Waals surface area contributed by atoms with E-state index in [4.69, 9.17) is 15.2 Å². The van der Waals surface area contributed by atoms with Crippen LogP contribution in [0.1, 0.15) is 24.4 Å². The van der Waals surface area contributed by atoms with Gasteiger partial charge in [0.15, 0.2) is 5.75 Å². The molecule has 0 aromatic carbocycles. The molecule has 0 amide bonds. The van der Waals surface area contributed by atoms with Gasteiger partial charge in [-0.15, -0.1) is 0 Å². The van der Waals surface area contributed by atoms with Crippen LogP contribution in [0.3, 0.4) is 0 Å². The Morgan fingerprint density at radius 3 is 2.74 bits per heavy atom. The number of methoxy groups -OCH3 is 2. The molecule has 0 saturated heterocycles. The molecule has 1 atom stereocenters. The largest absolute Gasteiger partial charge is 0.493 e. The molecule has 2 rings (SSSR count). The number of rotatable bonds is 5. The van der Waals surface area contributed by atoms with E-state index in [-0.39, 0.29) is 0 Å². The lowest BCUT2D eigenvalue weighted by atomic mass is 10.1. The fraction of sp³-hybridized carbons (Fsp3) is 0.417. The van der Waals surface area contributed by atoms with Gasteiger partial charge in [0.25, 0.3) is 0 Å².